The van der Waals surface area contributed by atoms with Crippen LogP contribution in [0.3, 0.4) is 0 Å². The molecule has 0 aromatic heterocycles. The molecule has 1 aromatic carbocycles. The number of nitrogens with zero attached hydrogens (tertiary/aromatic N) is 2. The van der Waals surface area contributed by atoms with Gasteiger partial charge in [-0.05, 0) is 24.6 Å². The number of benzene rings is 1. The first-order valence-electron chi connectivity index (χ1n) is 6.32. The SMILES string of the molecule is CC1=C(C(=O)O)C(c2ccc(Cl)cc2)CC(=O)N1CC#N. The minimum Gasteiger partial charge on any atom is -0.478 e. The molecule has 6 heteroatoms. The van der Waals surface area contributed by atoms with Gasteiger partial charge < -0.3 is 10.0 Å². The van der Waals surface area contributed by atoms with Crippen molar-refractivity contribution in [2.75, 3.05) is 6.54 Å². The first-order valence-corrected chi connectivity index (χ1v) is 6.70. The van der Waals surface area contributed by atoms with Gasteiger partial charge in [-0.15, -0.1) is 0 Å². The zero-order chi connectivity index (χ0) is 15.6. The van der Waals surface area contributed by atoms with Crippen molar-refractivity contribution >= 4 is 23.5 Å². The highest BCUT2D eigenvalue weighted by molar-refractivity contribution is 6.30. The summed E-state index contributed by atoms with van der Waals surface area (Å²) in [4.78, 5) is 24.9. The van der Waals surface area contributed by atoms with Crippen LogP contribution in [0.15, 0.2) is 35.5 Å². The molecule has 5 nitrogen and oxygen atoms in total. The molecule has 0 saturated carbocycles. The molecule has 1 aromatic rings. The smallest absolute Gasteiger partial charge is 0.333 e. The predicted molar refractivity (Wildman–Crippen MR) is 76.5 cm³/mol. The molecule has 21 heavy (non-hydrogen) atoms. The second-order valence-electron chi connectivity index (χ2n) is 4.75. The summed E-state index contributed by atoms with van der Waals surface area (Å²) in [6, 6.07) is 8.65. The van der Waals surface area contributed by atoms with Crippen LogP contribution in [0.25, 0.3) is 0 Å². The number of amides is 1. The maximum absolute atomic E-state index is 12.1. The highest BCUT2D eigenvalue weighted by Crippen LogP contribution is 2.36. The van der Waals surface area contributed by atoms with Gasteiger partial charge in [0.1, 0.15) is 6.54 Å². The quantitative estimate of drug-likeness (QED) is 0.870. The van der Waals surface area contributed by atoms with Crippen LogP contribution >= 0.6 is 11.6 Å². The van der Waals surface area contributed by atoms with Gasteiger partial charge >= 0.3 is 5.97 Å². The van der Waals surface area contributed by atoms with E-state index >= 15 is 0 Å². The van der Waals surface area contributed by atoms with Gasteiger partial charge in [0.2, 0.25) is 5.91 Å². The van der Waals surface area contributed by atoms with Crippen molar-refractivity contribution in [3.8, 4) is 6.07 Å². The highest BCUT2D eigenvalue weighted by atomic mass is 35.5. The third-order valence-electron chi connectivity index (χ3n) is 3.55. The summed E-state index contributed by atoms with van der Waals surface area (Å²) in [5.41, 5.74) is 1.19. The van der Waals surface area contributed by atoms with Crippen LogP contribution in [0.5, 0.6) is 0 Å². The zero-order valence-electron chi connectivity index (χ0n) is 11.3. The number of hydrogen-bond acceptors (Lipinski definition) is 3. The van der Waals surface area contributed by atoms with E-state index < -0.39 is 11.9 Å². The van der Waals surface area contributed by atoms with Crippen molar-refractivity contribution in [1.29, 1.82) is 5.26 Å². The summed E-state index contributed by atoms with van der Waals surface area (Å²) in [5, 5.41) is 18.8. The Morgan fingerprint density at radius 2 is 2.10 bits per heavy atom. The maximum atomic E-state index is 12.1. The molecule has 1 heterocycles. The van der Waals surface area contributed by atoms with E-state index in [1.807, 2.05) is 6.07 Å². The Bertz CT molecular complexity index is 658. The van der Waals surface area contributed by atoms with Crippen LogP contribution in [0.4, 0.5) is 0 Å². The number of allylic oxidation sites excluding steroid dienone is 1. The molecule has 2 rings (SSSR count). The molecular weight excluding hydrogens is 292 g/mol. The van der Waals surface area contributed by atoms with Gasteiger partial charge in [-0.1, -0.05) is 23.7 Å². The van der Waals surface area contributed by atoms with E-state index in [0.717, 1.165) is 5.56 Å². The van der Waals surface area contributed by atoms with Gasteiger partial charge in [0.15, 0.2) is 0 Å². The molecule has 0 fully saturated rings. The average Bonchev–Trinajstić information content (AvgIpc) is 2.43. The molecule has 1 atom stereocenters. The number of rotatable bonds is 3. The van der Waals surface area contributed by atoms with E-state index in [9.17, 15) is 14.7 Å². The van der Waals surface area contributed by atoms with Gasteiger partial charge in [0.05, 0.1) is 11.6 Å². The van der Waals surface area contributed by atoms with Gasteiger partial charge in [-0.25, -0.2) is 4.79 Å². The van der Waals surface area contributed by atoms with Crippen LogP contribution in [0, 0.1) is 11.3 Å². The standard InChI is InChI=1S/C15H13ClN2O3/c1-9-14(15(20)21)12(8-13(19)18(9)7-6-17)10-2-4-11(16)5-3-10/h2-5,12H,7-8H2,1H3,(H,20,21). The fourth-order valence-electron chi connectivity index (χ4n) is 2.53. The molecule has 0 saturated heterocycles. The molecule has 0 bridgehead atoms. The van der Waals surface area contributed by atoms with E-state index in [1.54, 1.807) is 31.2 Å². The van der Waals surface area contributed by atoms with Gasteiger partial charge in [-0.2, -0.15) is 5.26 Å². The summed E-state index contributed by atoms with van der Waals surface area (Å²) in [6.07, 6.45) is 0.0300. The van der Waals surface area contributed by atoms with Crippen molar-refractivity contribution < 1.29 is 14.7 Å². The molecule has 0 aliphatic carbocycles. The Balaban J connectivity index is 2.51. The zero-order valence-corrected chi connectivity index (χ0v) is 12.1. The number of aliphatic carboxylic acids is 1. The number of carboxylic acid groups (broad SMARTS) is 1. The first-order chi connectivity index (χ1) is 9.95. The van der Waals surface area contributed by atoms with Crippen LogP contribution in [-0.2, 0) is 9.59 Å². The van der Waals surface area contributed by atoms with E-state index in [1.165, 1.54) is 4.90 Å². The topological polar surface area (TPSA) is 81.4 Å². The molecule has 0 radical (unpaired) electrons. The van der Waals surface area contributed by atoms with E-state index in [4.69, 9.17) is 16.9 Å². The molecule has 1 N–H and O–H groups in total. The van der Waals surface area contributed by atoms with E-state index in [2.05, 4.69) is 0 Å². The summed E-state index contributed by atoms with van der Waals surface area (Å²) in [5.74, 6) is -1.86. The number of carboxylic acids is 1. The van der Waals surface area contributed by atoms with Gasteiger partial charge in [0, 0.05) is 23.1 Å². The molecular formula is C15H13ClN2O3. The fraction of sp³-hybridized carbons (Fsp3) is 0.267. The lowest BCUT2D eigenvalue weighted by atomic mass is 9.84. The first kappa shape index (κ1) is 15.1. The largest absolute Gasteiger partial charge is 0.478 e. The van der Waals surface area contributed by atoms with Crippen molar-refractivity contribution in [2.45, 2.75) is 19.3 Å². The third kappa shape index (κ3) is 2.91. The lowest BCUT2D eigenvalue weighted by Crippen LogP contribution is -2.38. The van der Waals surface area contributed by atoms with Crippen molar-refractivity contribution in [3.63, 3.8) is 0 Å². The van der Waals surface area contributed by atoms with Crippen LogP contribution in [-0.4, -0.2) is 28.4 Å². The molecule has 108 valence electrons. The van der Waals surface area contributed by atoms with Crippen LogP contribution in [0.1, 0.15) is 24.8 Å². The Morgan fingerprint density at radius 1 is 1.48 bits per heavy atom. The highest BCUT2D eigenvalue weighted by Gasteiger charge is 2.35. The molecule has 0 spiro atoms. The number of halogens is 1. The maximum Gasteiger partial charge on any atom is 0.333 e. The number of carbonyl (C=O) groups excluding carboxylic acids is 1. The van der Waals surface area contributed by atoms with Gasteiger partial charge in [-0.3, -0.25) is 4.79 Å². The Morgan fingerprint density at radius 3 is 2.62 bits per heavy atom. The number of nitriles is 1. The second kappa shape index (κ2) is 5.98. The fourth-order valence-corrected chi connectivity index (χ4v) is 2.66. The molecule has 1 unspecified atom stereocenters. The van der Waals surface area contributed by atoms with E-state index in [-0.39, 0.29) is 24.4 Å². The second-order valence-corrected chi connectivity index (χ2v) is 5.19. The number of carbonyl (C=O) groups is 2. The molecule has 1 aliphatic rings. The summed E-state index contributed by atoms with van der Waals surface area (Å²) >= 11 is 5.83. The predicted octanol–water partition coefficient (Wildman–Crippen LogP) is 2.54. The summed E-state index contributed by atoms with van der Waals surface area (Å²) < 4.78 is 0. The normalized spacial score (nSPS) is 18.6. The number of hydrogen-bond donors (Lipinski definition) is 1. The monoisotopic (exact) mass is 304 g/mol. The minimum absolute atomic E-state index is 0.0300. The van der Waals surface area contributed by atoms with Crippen molar-refractivity contribution in [1.82, 2.24) is 4.90 Å². The van der Waals surface area contributed by atoms with Crippen LogP contribution < -0.4 is 0 Å². The molecule has 1 amide bonds. The Labute approximate surface area is 127 Å². The summed E-state index contributed by atoms with van der Waals surface area (Å²) in [6.45, 7) is 1.41. The van der Waals surface area contributed by atoms with Crippen molar-refractivity contribution in [3.05, 3.63) is 46.1 Å². The average molecular weight is 305 g/mol. The Kier molecular flexibility index (Phi) is 4.29. The van der Waals surface area contributed by atoms with Gasteiger partial charge in [0.25, 0.3) is 0 Å². The van der Waals surface area contributed by atoms with Crippen LogP contribution in [0.2, 0.25) is 5.02 Å². The summed E-state index contributed by atoms with van der Waals surface area (Å²) in [7, 11) is 0. The third-order valence-corrected chi connectivity index (χ3v) is 3.81. The van der Waals surface area contributed by atoms with Crippen molar-refractivity contribution in [2.24, 2.45) is 0 Å². The van der Waals surface area contributed by atoms with E-state index in [0.29, 0.717) is 10.7 Å². The molecule has 1 aliphatic heterocycles. The lowest BCUT2D eigenvalue weighted by Gasteiger charge is -2.32. The Hall–Kier alpha value is -2.32. The lowest BCUT2D eigenvalue weighted by molar-refractivity contribution is -0.134. The minimum atomic E-state index is -1.08.